The van der Waals surface area contributed by atoms with Crippen molar-refractivity contribution in [3.63, 3.8) is 0 Å². The minimum Gasteiger partial charge on any atom is -0.493 e. The summed E-state index contributed by atoms with van der Waals surface area (Å²) >= 11 is 0. The number of hydrogen-bond donors (Lipinski definition) is 1. The van der Waals surface area contributed by atoms with E-state index in [4.69, 9.17) is 9.47 Å². The van der Waals surface area contributed by atoms with E-state index in [1.54, 1.807) is 30.3 Å². The Kier molecular flexibility index (Phi) is 7.31. The zero-order valence-corrected chi connectivity index (χ0v) is 15.4. The lowest BCUT2D eigenvalue weighted by Crippen LogP contribution is -2.19. The smallest absolute Gasteiger partial charge is 0.422 e. The molecule has 0 aliphatic heterocycles. The first-order chi connectivity index (χ1) is 13.3. The van der Waals surface area contributed by atoms with Crippen LogP contribution in [-0.4, -0.2) is 32.4 Å². The van der Waals surface area contributed by atoms with Crippen LogP contribution in [0.2, 0.25) is 0 Å². The summed E-state index contributed by atoms with van der Waals surface area (Å²) in [5.41, 5.74) is 1.04. The maximum Gasteiger partial charge on any atom is 0.422 e. The highest BCUT2D eigenvalue weighted by Gasteiger charge is 2.28. The van der Waals surface area contributed by atoms with E-state index in [1.165, 1.54) is 31.4 Å². The molecule has 0 unspecified atom stereocenters. The van der Waals surface area contributed by atoms with Crippen LogP contribution in [0.3, 0.4) is 0 Å². The number of amides is 1. The van der Waals surface area contributed by atoms with Gasteiger partial charge >= 0.3 is 6.18 Å². The van der Waals surface area contributed by atoms with E-state index in [-0.39, 0.29) is 5.75 Å². The van der Waals surface area contributed by atoms with E-state index >= 15 is 0 Å². The monoisotopic (exact) mass is 395 g/mol. The second-order valence-electron chi connectivity index (χ2n) is 5.60. The van der Waals surface area contributed by atoms with E-state index < -0.39 is 18.7 Å². The van der Waals surface area contributed by atoms with Crippen LogP contribution in [0.25, 0.3) is 6.08 Å². The lowest BCUT2D eigenvalue weighted by molar-refractivity contribution is -0.153. The summed E-state index contributed by atoms with van der Waals surface area (Å²) in [5, 5.41) is 2.57. The molecule has 0 atom stereocenters. The fourth-order valence-electron chi connectivity index (χ4n) is 2.25. The van der Waals surface area contributed by atoms with Gasteiger partial charge in [0.05, 0.1) is 13.7 Å². The largest absolute Gasteiger partial charge is 0.493 e. The molecule has 0 aromatic heterocycles. The molecule has 1 amide bonds. The first kappa shape index (κ1) is 21.1. The Balaban J connectivity index is 2.01. The van der Waals surface area contributed by atoms with E-state index in [0.29, 0.717) is 23.8 Å². The number of alkyl halides is 3. The summed E-state index contributed by atoms with van der Waals surface area (Å²) in [6.45, 7) is 0.919. The molecule has 0 spiro atoms. The van der Waals surface area contributed by atoms with Gasteiger partial charge in [-0.25, -0.2) is 0 Å². The fourth-order valence-corrected chi connectivity index (χ4v) is 2.25. The van der Waals surface area contributed by atoms with Gasteiger partial charge in [0.1, 0.15) is 5.75 Å². The van der Waals surface area contributed by atoms with Crippen LogP contribution >= 0.6 is 0 Å². The topological polar surface area (TPSA) is 56.8 Å². The van der Waals surface area contributed by atoms with Crippen LogP contribution in [0.5, 0.6) is 17.2 Å². The number of carbonyl (C=O) groups excluding carboxylic acids is 1. The number of carbonyl (C=O) groups is 1. The number of ether oxygens (including phenoxy) is 3. The van der Waals surface area contributed by atoms with Crippen molar-refractivity contribution >= 4 is 17.7 Å². The summed E-state index contributed by atoms with van der Waals surface area (Å²) in [6.07, 6.45) is -1.54. The Hall–Kier alpha value is -3.16. The van der Waals surface area contributed by atoms with Crippen molar-refractivity contribution in [2.45, 2.75) is 13.1 Å². The van der Waals surface area contributed by atoms with Crippen LogP contribution in [0.4, 0.5) is 18.9 Å². The molecule has 28 heavy (non-hydrogen) atoms. The molecule has 0 saturated carbocycles. The maximum atomic E-state index is 12.2. The number of rotatable bonds is 8. The second kappa shape index (κ2) is 9.68. The summed E-state index contributed by atoms with van der Waals surface area (Å²) in [5.74, 6) is 0.707. The average molecular weight is 395 g/mol. The number of hydrogen-bond acceptors (Lipinski definition) is 4. The van der Waals surface area contributed by atoms with E-state index in [9.17, 15) is 18.0 Å². The van der Waals surface area contributed by atoms with Crippen molar-refractivity contribution in [2.75, 3.05) is 25.6 Å². The van der Waals surface area contributed by atoms with Crippen LogP contribution in [0.15, 0.2) is 48.5 Å². The predicted molar refractivity (Wildman–Crippen MR) is 99.8 cm³/mol. The Morgan fingerprint density at radius 2 is 1.89 bits per heavy atom. The highest BCUT2D eigenvalue weighted by atomic mass is 19.4. The number of anilines is 1. The second-order valence-corrected chi connectivity index (χ2v) is 5.60. The van der Waals surface area contributed by atoms with Gasteiger partial charge in [-0.1, -0.05) is 12.1 Å². The van der Waals surface area contributed by atoms with Gasteiger partial charge in [-0.3, -0.25) is 4.79 Å². The summed E-state index contributed by atoms with van der Waals surface area (Å²) < 4.78 is 52.0. The third-order valence-corrected chi connectivity index (χ3v) is 3.42. The van der Waals surface area contributed by atoms with Crippen molar-refractivity contribution < 1.29 is 32.2 Å². The van der Waals surface area contributed by atoms with Crippen molar-refractivity contribution in [1.82, 2.24) is 0 Å². The van der Waals surface area contributed by atoms with Gasteiger partial charge in [-0.05, 0) is 42.8 Å². The van der Waals surface area contributed by atoms with Crippen LogP contribution in [0.1, 0.15) is 12.5 Å². The van der Waals surface area contributed by atoms with Crippen LogP contribution in [-0.2, 0) is 4.79 Å². The van der Waals surface area contributed by atoms with Gasteiger partial charge in [-0.2, -0.15) is 13.2 Å². The molecule has 0 fully saturated rings. The molecule has 150 valence electrons. The molecule has 1 N–H and O–H groups in total. The lowest BCUT2D eigenvalue weighted by atomic mass is 10.2. The van der Waals surface area contributed by atoms with Crippen LogP contribution < -0.4 is 19.5 Å². The van der Waals surface area contributed by atoms with E-state index in [2.05, 4.69) is 10.1 Å². The SMILES string of the molecule is CCOc1cc(/C=C/C(=O)Nc2cccc(OCC(F)(F)F)c2)ccc1OC. The summed E-state index contributed by atoms with van der Waals surface area (Å²) in [7, 11) is 1.54. The third kappa shape index (κ3) is 6.86. The van der Waals surface area contributed by atoms with Gasteiger partial charge in [0.2, 0.25) is 5.91 Å². The van der Waals surface area contributed by atoms with Crippen molar-refractivity contribution in [1.29, 1.82) is 0 Å². The van der Waals surface area contributed by atoms with E-state index in [0.717, 1.165) is 5.56 Å². The third-order valence-electron chi connectivity index (χ3n) is 3.42. The number of nitrogens with one attached hydrogen (secondary N) is 1. The molecule has 0 aliphatic carbocycles. The highest BCUT2D eigenvalue weighted by Crippen LogP contribution is 2.28. The quantitative estimate of drug-likeness (QED) is 0.659. The molecule has 0 saturated heterocycles. The molecular formula is C20H20F3NO4. The van der Waals surface area contributed by atoms with Gasteiger partial charge in [-0.15, -0.1) is 0 Å². The number of benzene rings is 2. The molecule has 0 bridgehead atoms. The highest BCUT2D eigenvalue weighted by molar-refractivity contribution is 6.02. The molecular weight excluding hydrogens is 375 g/mol. The molecule has 0 heterocycles. The van der Waals surface area contributed by atoms with Crippen LogP contribution in [0, 0.1) is 0 Å². The maximum absolute atomic E-state index is 12.2. The fraction of sp³-hybridized carbons (Fsp3) is 0.250. The normalized spacial score (nSPS) is 11.3. The molecule has 0 aliphatic rings. The molecule has 0 radical (unpaired) electrons. The molecule has 5 nitrogen and oxygen atoms in total. The minimum atomic E-state index is -4.43. The minimum absolute atomic E-state index is 0.00983. The number of halogens is 3. The summed E-state index contributed by atoms with van der Waals surface area (Å²) in [4.78, 5) is 12.1. The molecule has 2 rings (SSSR count). The van der Waals surface area contributed by atoms with Gasteiger partial charge in [0.15, 0.2) is 18.1 Å². The van der Waals surface area contributed by atoms with Gasteiger partial charge in [0.25, 0.3) is 0 Å². The molecule has 2 aromatic carbocycles. The van der Waals surface area contributed by atoms with Crippen molar-refractivity contribution in [2.24, 2.45) is 0 Å². The Labute approximate surface area is 160 Å². The zero-order chi connectivity index (χ0) is 20.6. The van der Waals surface area contributed by atoms with Crippen molar-refractivity contribution in [3.05, 3.63) is 54.1 Å². The zero-order valence-electron chi connectivity index (χ0n) is 15.4. The van der Waals surface area contributed by atoms with Crippen molar-refractivity contribution in [3.8, 4) is 17.2 Å². The van der Waals surface area contributed by atoms with Gasteiger partial charge < -0.3 is 19.5 Å². The molecule has 8 heteroatoms. The predicted octanol–water partition coefficient (Wildman–Crippen LogP) is 4.69. The standard InChI is InChI=1S/C20H20F3NO4/c1-3-27-18-11-14(7-9-17(18)26-2)8-10-19(25)24-15-5-4-6-16(12-15)28-13-20(21,22)23/h4-12H,3,13H2,1-2H3,(H,24,25)/b10-8+. The first-order valence-corrected chi connectivity index (χ1v) is 8.40. The lowest BCUT2D eigenvalue weighted by Gasteiger charge is -2.10. The Bertz CT molecular complexity index is 834. The Morgan fingerprint density at radius 1 is 1.11 bits per heavy atom. The average Bonchev–Trinajstić information content (AvgIpc) is 2.65. The summed E-state index contributed by atoms with van der Waals surface area (Å²) in [6, 6.07) is 11.0. The first-order valence-electron chi connectivity index (χ1n) is 8.40. The van der Waals surface area contributed by atoms with E-state index in [1.807, 2.05) is 6.92 Å². The Morgan fingerprint density at radius 3 is 2.57 bits per heavy atom. The van der Waals surface area contributed by atoms with Gasteiger partial charge in [0, 0.05) is 17.8 Å². The molecule has 2 aromatic rings. The number of methoxy groups -OCH3 is 1.